The van der Waals surface area contributed by atoms with Crippen LogP contribution in [-0.2, 0) is 0 Å². The maximum Gasteiger partial charge on any atom is 0.0898 e. The zero-order valence-corrected chi connectivity index (χ0v) is 12.4. The molecule has 0 aliphatic rings. The van der Waals surface area contributed by atoms with E-state index < -0.39 is 0 Å². The van der Waals surface area contributed by atoms with Gasteiger partial charge in [0.25, 0.3) is 0 Å². The molecule has 1 aromatic heterocycles. The molecule has 2 nitrogen and oxygen atoms in total. The van der Waals surface area contributed by atoms with E-state index in [1.54, 1.807) is 11.3 Å². The van der Waals surface area contributed by atoms with Crippen molar-refractivity contribution in [3.8, 4) is 0 Å². The van der Waals surface area contributed by atoms with E-state index in [2.05, 4.69) is 43.4 Å². The van der Waals surface area contributed by atoms with E-state index in [1.165, 1.54) is 36.4 Å². The Hall–Kier alpha value is -0.410. The van der Waals surface area contributed by atoms with Crippen molar-refractivity contribution in [1.82, 2.24) is 10.3 Å². The number of hydrogen-bond acceptors (Lipinski definition) is 3. The summed E-state index contributed by atoms with van der Waals surface area (Å²) in [5.41, 5.74) is 1.24. The number of aromatic nitrogens is 1. The molecule has 1 unspecified atom stereocenters. The topological polar surface area (TPSA) is 24.9 Å². The highest BCUT2D eigenvalue weighted by atomic mass is 32.1. The first-order valence-electron chi connectivity index (χ1n) is 6.86. The maximum absolute atomic E-state index is 4.64. The van der Waals surface area contributed by atoms with Crippen LogP contribution < -0.4 is 5.32 Å². The number of thiazole rings is 1. The van der Waals surface area contributed by atoms with Crippen molar-refractivity contribution in [3.05, 3.63) is 16.1 Å². The summed E-state index contributed by atoms with van der Waals surface area (Å²) < 4.78 is 0. The zero-order chi connectivity index (χ0) is 12.7. The molecule has 17 heavy (non-hydrogen) atoms. The van der Waals surface area contributed by atoms with E-state index in [1.807, 2.05) is 0 Å². The van der Waals surface area contributed by atoms with E-state index in [0.717, 1.165) is 12.5 Å². The van der Waals surface area contributed by atoms with Crippen LogP contribution in [-0.4, -0.2) is 11.5 Å². The smallest absolute Gasteiger partial charge is 0.0898 e. The van der Waals surface area contributed by atoms with Crippen molar-refractivity contribution in [2.45, 2.75) is 59.4 Å². The molecule has 0 aliphatic carbocycles. The van der Waals surface area contributed by atoms with Gasteiger partial charge in [0.1, 0.15) is 0 Å². The number of nitrogens with zero attached hydrogens (tertiary/aromatic N) is 1. The zero-order valence-electron chi connectivity index (χ0n) is 11.6. The molecular weight excluding hydrogens is 228 g/mol. The standard InChI is InChI=1S/C14H26N2S/c1-5-8-15-13(9-12(6-2)7-3)14-10-17-11(4)16-14/h10,12-13,15H,5-9H2,1-4H3. The lowest BCUT2D eigenvalue weighted by Gasteiger charge is -2.21. The lowest BCUT2D eigenvalue weighted by Crippen LogP contribution is -2.24. The van der Waals surface area contributed by atoms with Gasteiger partial charge in [0.2, 0.25) is 0 Å². The predicted molar refractivity (Wildman–Crippen MR) is 76.6 cm³/mol. The van der Waals surface area contributed by atoms with Crippen LogP contribution in [0.4, 0.5) is 0 Å². The van der Waals surface area contributed by atoms with Crippen molar-refractivity contribution >= 4 is 11.3 Å². The summed E-state index contributed by atoms with van der Waals surface area (Å²) >= 11 is 1.76. The lowest BCUT2D eigenvalue weighted by atomic mass is 9.93. The molecule has 0 amide bonds. The summed E-state index contributed by atoms with van der Waals surface area (Å²) in [6, 6.07) is 0.449. The summed E-state index contributed by atoms with van der Waals surface area (Å²) in [5, 5.41) is 7.03. The van der Waals surface area contributed by atoms with Gasteiger partial charge in [0, 0.05) is 5.38 Å². The highest BCUT2D eigenvalue weighted by Crippen LogP contribution is 2.26. The van der Waals surface area contributed by atoms with Gasteiger partial charge in [0.05, 0.1) is 16.7 Å². The molecule has 3 heteroatoms. The molecule has 1 aromatic rings. The maximum atomic E-state index is 4.64. The number of rotatable bonds is 8. The molecular formula is C14H26N2S. The largest absolute Gasteiger partial charge is 0.309 e. The summed E-state index contributed by atoms with van der Waals surface area (Å²) in [7, 11) is 0. The minimum Gasteiger partial charge on any atom is -0.309 e. The average Bonchev–Trinajstić information content (AvgIpc) is 2.76. The Morgan fingerprint density at radius 2 is 2.00 bits per heavy atom. The first-order valence-corrected chi connectivity index (χ1v) is 7.74. The summed E-state index contributed by atoms with van der Waals surface area (Å²) in [5.74, 6) is 0.811. The van der Waals surface area contributed by atoms with E-state index in [0.29, 0.717) is 6.04 Å². The van der Waals surface area contributed by atoms with Crippen LogP contribution in [0.2, 0.25) is 0 Å². The minimum absolute atomic E-state index is 0.449. The highest BCUT2D eigenvalue weighted by molar-refractivity contribution is 7.09. The van der Waals surface area contributed by atoms with Crippen LogP contribution in [0.25, 0.3) is 0 Å². The van der Waals surface area contributed by atoms with Gasteiger partial charge in [0.15, 0.2) is 0 Å². The molecule has 0 fully saturated rings. The molecule has 0 saturated heterocycles. The third kappa shape index (κ3) is 4.76. The SMILES string of the molecule is CCCNC(CC(CC)CC)c1csc(C)n1. The van der Waals surface area contributed by atoms with Gasteiger partial charge >= 0.3 is 0 Å². The van der Waals surface area contributed by atoms with Crippen molar-refractivity contribution < 1.29 is 0 Å². The normalized spacial score (nSPS) is 13.2. The first-order chi connectivity index (χ1) is 8.21. The summed E-state index contributed by atoms with van der Waals surface area (Å²) in [6.07, 6.45) is 4.94. The number of aryl methyl sites for hydroxylation is 1. The van der Waals surface area contributed by atoms with Crippen molar-refractivity contribution in [2.24, 2.45) is 5.92 Å². The molecule has 0 radical (unpaired) electrons. The Morgan fingerprint density at radius 1 is 1.29 bits per heavy atom. The molecule has 0 spiro atoms. The minimum atomic E-state index is 0.449. The van der Waals surface area contributed by atoms with Crippen LogP contribution in [0.1, 0.15) is 63.2 Å². The van der Waals surface area contributed by atoms with E-state index in [4.69, 9.17) is 0 Å². The summed E-state index contributed by atoms with van der Waals surface area (Å²) in [6.45, 7) is 9.96. The molecule has 0 aromatic carbocycles. The fraction of sp³-hybridized carbons (Fsp3) is 0.786. The van der Waals surface area contributed by atoms with Crippen LogP contribution >= 0.6 is 11.3 Å². The Kier molecular flexibility index (Phi) is 6.75. The molecule has 98 valence electrons. The second kappa shape index (κ2) is 7.83. The quantitative estimate of drug-likeness (QED) is 0.747. The van der Waals surface area contributed by atoms with E-state index >= 15 is 0 Å². The molecule has 1 heterocycles. The van der Waals surface area contributed by atoms with Crippen molar-refractivity contribution in [1.29, 1.82) is 0 Å². The predicted octanol–water partition coefficient (Wildman–Crippen LogP) is 4.32. The Morgan fingerprint density at radius 3 is 2.47 bits per heavy atom. The van der Waals surface area contributed by atoms with Gasteiger partial charge in [-0.2, -0.15) is 0 Å². The van der Waals surface area contributed by atoms with Gasteiger partial charge < -0.3 is 5.32 Å². The number of hydrogen-bond donors (Lipinski definition) is 1. The van der Waals surface area contributed by atoms with Gasteiger partial charge in [-0.15, -0.1) is 11.3 Å². The molecule has 1 N–H and O–H groups in total. The number of nitrogens with one attached hydrogen (secondary N) is 1. The Bertz CT molecular complexity index is 305. The monoisotopic (exact) mass is 254 g/mol. The average molecular weight is 254 g/mol. The first kappa shape index (κ1) is 14.7. The van der Waals surface area contributed by atoms with Crippen molar-refractivity contribution in [2.75, 3.05) is 6.54 Å². The Labute approximate surface area is 110 Å². The Balaban J connectivity index is 2.66. The molecule has 0 aliphatic heterocycles. The van der Waals surface area contributed by atoms with Gasteiger partial charge in [-0.25, -0.2) is 4.98 Å². The van der Waals surface area contributed by atoms with Gasteiger partial charge in [-0.1, -0.05) is 33.6 Å². The molecule has 0 saturated carbocycles. The summed E-state index contributed by atoms with van der Waals surface area (Å²) in [4.78, 5) is 4.64. The third-order valence-corrected chi connectivity index (χ3v) is 4.15. The van der Waals surface area contributed by atoms with Crippen LogP contribution in [0.5, 0.6) is 0 Å². The fourth-order valence-electron chi connectivity index (χ4n) is 2.12. The molecule has 1 rings (SSSR count). The van der Waals surface area contributed by atoms with Gasteiger partial charge in [-0.3, -0.25) is 0 Å². The second-order valence-corrected chi connectivity index (χ2v) is 5.78. The lowest BCUT2D eigenvalue weighted by molar-refractivity contribution is 0.367. The molecule has 0 bridgehead atoms. The van der Waals surface area contributed by atoms with E-state index in [9.17, 15) is 0 Å². The van der Waals surface area contributed by atoms with Gasteiger partial charge in [-0.05, 0) is 32.2 Å². The van der Waals surface area contributed by atoms with Crippen LogP contribution in [0, 0.1) is 12.8 Å². The van der Waals surface area contributed by atoms with Crippen molar-refractivity contribution in [3.63, 3.8) is 0 Å². The van der Waals surface area contributed by atoms with E-state index in [-0.39, 0.29) is 0 Å². The third-order valence-electron chi connectivity index (χ3n) is 3.36. The highest BCUT2D eigenvalue weighted by Gasteiger charge is 2.17. The van der Waals surface area contributed by atoms with Crippen LogP contribution in [0.3, 0.4) is 0 Å². The second-order valence-electron chi connectivity index (χ2n) is 4.72. The fourth-order valence-corrected chi connectivity index (χ4v) is 2.79. The molecule has 1 atom stereocenters. The van der Waals surface area contributed by atoms with Crippen LogP contribution in [0.15, 0.2) is 5.38 Å².